The Hall–Kier alpha value is -2.82. The van der Waals surface area contributed by atoms with E-state index in [0.717, 1.165) is 5.56 Å². The van der Waals surface area contributed by atoms with Gasteiger partial charge in [-0.25, -0.2) is 18.7 Å². The number of nitrogens with one attached hydrogen (secondary N) is 1. The van der Waals surface area contributed by atoms with Crippen molar-refractivity contribution in [3.63, 3.8) is 0 Å². The van der Waals surface area contributed by atoms with Crippen molar-refractivity contribution in [1.29, 1.82) is 0 Å². The summed E-state index contributed by atoms with van der Waals surface area (Å²) in [6.45, 7) is 0. The van der Waals surface area contributed by atoms with Crippen LogP contribution in [-0.4, -0.2) is 42.0 Å². The molecule has 0 saturated heterocycles. The first-order valence-electron chi connectivity index (χ1n) is 9.31. The summed E-state index contributed by atoms with van der Waals surface area (Å²) in [6, 6.07) is 7.03. The highest BCUT2D eigenvalue weighted by molar-refractivity contribution is 9.10. The van der Waals surface area contributed by atoms with E-state index in [4.69, 9.17) is 0 Å². The minimum absolute atomic E-state index is 0.221. The van der Waals surface area contributed by atoms with Gasteiger partial charge in [-0.05, 0) is 39.0 Å². The van der Waals surface area contributed by atoms with Gasteiger partial charge in [0.1, 0.15) is 4.60 Å². The van der Waals surface area contributed by atoms with E-state index in [-0.39, 0.29) is 31.0 Å². The zero-order chi connectivity index (χ0) is 21.3. The first-order valence-corrected chi connectivity index (χ1v) is 10.1. The number of carbonyl (C=O) groups excluding carboxylic acids is 1. The van der Waals surface area contributed by atoms with Crippen LogP contribution in [0.3, 0.4) is 0 Å². The molecule has 8 nitrogen and oxygen atoms in total. The standard InChI is InChI=1S/C19H18BrF2N7O/c1-29-27-17(26-28-29)12-4-2-11(3-5-12)16(13-6-7-19(21,22)8-13)18(30)25-15-10-23-14(20)9-24-15/h2-5,9-10,13,16H,6-8H2,1H3,(H,24,25,30). The van der Waals surface area contributed by atoms with Crippen LogP contribution in [0.4, 0.5) is 14.6 Å². The van der Waals surface area contributed by atoms with Crippen molar-refractivity contribution in [3.05, 3.63) is 46.8 Å². The summed E-state index contributed by atoms with van der Waals surface area (Å²) in [4.78, 5) is 22.5. The average Bonchev–Trinajstić information content (AvgIpc) is 3.29. The van der Waals surface area contributed by atoms with Crippen molar-refractivity contribution in [3.8, 4) is 11.4 Å². The largest absolute Gasteiger partial charge is 0.309 e. The van der Waals surface area contributed by atoms with Gasteiger partial charge in [-0.2, -0.15) is 4.80 Å². The highest BCUT2D eigenvalue weighted by Gasteiger charge is 2.45. The Morgan fingerprint density at radius 2 is 2.03 bits per heavy atom. The molecule has 1 N–H and O–H groups in total. The fraction of sp³-hybridized carbons (Fsp3) is 0.368. The smallest absolute Gasteiger partial charge is 0.248 e. The van der Waals surface area contributed by atoms with Crippen molar-refractivity contribution in [2.24, 2.45) is 13.0 Å². The van der Waals surface area contributed by atoms with Gasteiger partial charge >= 0.3 is 0 Å². The number of alkyl halides is 2. The number of tetrazole rings is 1. The number of carbonyl (C=O) groups is 1. The molecular weight excluding hydrogens is 460 g/mol. The molecule has 30 heavy (non-hydrogen) atoms. The summed E-state index contributed by atoms with van der Waals surface area (Å²) >= 11 is 3.19. The number of nitrogens with zero attached hydrogens (tertiary/aromatic N) is 6. The summed E-state index contributed by atoms with van der Waals surface area (Å²) in [6.07, 6.45) is 2.58. The first-order chi connectivity index (χ1) is 14.3. The second-order valence-corrected chi connectivity index (χ2v) is 8.09. The molecule has 4 rings (SSSR count). The van der Waals surface area contributed by atoms with Gasteiger partial charge in [0, 0.05) is 18.4 Å². The summed E-state index contributed by atoms with van der Waals surface area (Å²) in [5.41, 5.74) is 1.37. The molecule has 0 spiro atoms. The van der Waals surface area contributed by atoms with E-state index in [2.05, 4.69) is 46.6 Å². The van der Waals surface area contributed by atoms with E-state index in [0.29, 0.717) is 16.0 Å². The molecule has 1 saturated carbocycles. The quantitative estimate of drug-likeness (QED) is 0.602. The number of anilines is 1. The predicted molar refractivity (Wildman–Crippen MR) is 108 cm³/mol. The van der Waals surface area contributed by atoms with Crippen LogP contribution in [0.15, 0.2) is 41.3 Å². The molecule has 2 aromatic heterocycles. The van der Waals surface area contributed by atoms with E-state index in [9.17, 15) is 13.6 Å². The summed E-state index contributed by atoms with van der Waals surface area (Å²) in [5.74, 6) is -3.67. The van der Waals surface area contributed by atoms with Crippen LogP contribution < -0.4 is 5.32 Å². The maximum Gasteiger partial charge on any atom is 0.248 e. The molecule has 2 heterocycles. The molecule has 2 atom stereocenters. The third-order valence-corrected chi connectivity index (χ3v) is 5.51. The number of halogens is 3. The van der Waals surface area contributed by atoms with Crippen LogP contribution >= 0.6 is 15.9 Å². The highest BCUT2D eigenvalue weighted by atomic mass is 79.9. The molecule has 11 heteroatoms. The Kier molecular flexibility index (Phi) is 5.54. The van der Waals surface area contributed by atoms with Gasteiger partial charge in [0.25, 0.3) is 0 Å². The van der Waals surface area contributed by atoms with Gasteiger partial charge < -0.3 is 5.32 Å². The normalized spacial score (nSPS) is 18.9. The average molecular weight is 478 g/mol. The lowest BCUT2D eigenvalue weighted by Gasteiger charge is -2.23. The maximum absolute atomic E-state index is 13.9. The van der Waals surface area contributed by atoms with Gasteiger partial charge in [-0.1, -0.05) is 24.3 Å². The van der Waals surface area contributed by atoms with Crippen LogP contribution in [0.1, 0.15) is 30.7 Å². The van der Waals surface area contributed by atoms with E-state index >= 15 is 0 Å². The van der Waals surface area contributed by atoms with E-state index in [1.807, 2.05) is 0 Å². The SMILES string of the molecule is Cn1nnc(-c2ccc(C(C(=O)Nc3cnc(Br)cn3)C3CCC(F)(F)C3)cc2)n1. The van der Waals surface area contributed by atoms with Crippen molar-refractivity contribution in [1.82, 2.24) is 30.2 Å². The second kappa shape index (κ2) is 8.13. The summed E-state index contributed by atoms with van der Waals surface area (Å²) in [5, 5.41) is 14.6. The Bertz CT molecular complexity index is 1040. The number of rotatable bonds is 5. The van der Waals surface area contributed by atoms with Crippen molar-refractivity contribution < 1.29 is 13.6 Å². The maximum atomic E-state index is 13.9. The molecule has 1 aromatic carbocycles. The molecule has 1 aliphatic carbocycles. The van der Waals surface area contributed by atoms with Crippen LogP contribution in [0.25, 0.3) is 11.4 Å². The number of amides is 1. The minimum atomic E-state index is -2.76. The molecule has 1 amide bonds. The molecular formula is C19H18BrF2N7O. The number of hydrogen-bond donors (Lipinski definition) is 1. The molecule has 0 radical (unpaired) electrons. The Morgan fingerprint density at radius 3 is 2.60 bits per heavy atom. The number of aryl methyl sites for hydroxylation is 1. The van der Waals surface area contributed by atoms with Crippen molar-refractivity contribution in [2.75, 3.05) is 5.32 Å². The molecule has 3 aromatic rings. The molecule has 2 unspecified atom stereocenters. The van der Waals surface area contributed by atoms with Gasteiger partial charge in [-0.15, -0.1) is 10.2 Å². The minimum Gasteiger partial charge on any atom is -0.309 e. The summed E-state index contributed by atoms with van der Waals surface area (Å²) < 4.78 is 28.3. The Morgan fingerprint density at radius 1 is 1.27 bits per heavy atom. The monoisotopic (exact) mass is 477 g/mol. The van der Waals surface area contributed by atoms with Crippen LogP contribution in [-0.2, 0) is 11.8 Å². The van der Waals surface area contributed by atoms with Gasteiger partial charge in [-0.3, -0.25) is 4.79 Å². The molecule has 156 valence electrons. The fourth-order valence-corrected chi connectivity index (χ4v) is 3.93. The van der Waals surface area contributed by atoms with Crippen LogP contribution in [0, 0.1) is 5.92 Å². The van der Waals surface area contributed by atoms with Gasteiger partial charge in [0.05, 0.1) is 25.4 Å². The van der Waals surface area contributed by atoms with Gasteiger partial charge in [0.15, 0.2) is 5.82 Å². The third-order valence-electron chi connectivity index (χ3n) is 5.10. The molecule has 0 bridgehead atoms. The van der Waals surface area contributed by atoms with Gasteiger partial charge in [0.2, 0.25) is 17.7 Å². The number of hydrogen-bond acceptors (Lipinski definition) is 6. The third kappa shape index (κ3) is 4.50. The predicted octanol–water partition coefficient (Wildman–Crippen LogP) is 3.59. The summed E-state index contributed by atoms with van der Waals surface area (Å²) in [7, 11) is 1.66. The lowest BCUT2D eigenvalue weighted by Crippen LogP contribution is -2.28. The number of benzene rings is 1. The van der Waals surface area contributed by atoms with Crippen LogP contribution in [0.5, 0.6) is 0 Å². The first kappa shape index (κ1) is 20.5. The molecule has 1 fully saturated rings. The van der Waals surface area contributed by atoms with E-state index in [1.54, 1.807) is 31.3 Å². The van der Waals surface area contributed by atoms with Crippen LogP contribution in [0.2, 0.25) is 0 Å². The van der Waals surface area contributed by atoms with Crippen molar-refractivity contribution >= 4 is 27.7 Å². The fourth-order valence-electron chi connectivity index (χ4n) is 3.73. The zero-order valence-corrected chi connectivity index (χ0v) is 17.6. The second-order valence-electron chi connectivity index (χ2n) is 7.27. The number of aromatic nitrogens is 6. The Labute approximate surface area is 179 Å². The lowest BCUT2D eigenvalue weighted by atomic mass is 9.83. The zero-order valence-electron chi connectivity index (χ0n) is 16.0. The molecule has 0 aliphatic heterocycles. The Balaban J connectivity index is 1.61. The lowest BCUT2D eigenvalue weighted by molar-refractivity contribution is -0.118. The van der Waals surface area contributed by atoms with E-state index < -0.39 is 17.8 Å². The van der Waals surface area contributed by atoms with Crippen molar-refractivity contribution in [2.45, 2.75) is 31.1 Å². The highest BCUT2D eigenvalue weighted by Crippen LogP contribution is 2.45. The van der Waals surface area contributed by atoms with E-state index in [1.165, 1.54) is 17.2 Å². The molecule has 1 aliphatic rings. The topological polar surface area (TPSA) is 98.5 Å².